The van der Waals surface area contributed by atoms with Crippen LogP contribution < -0.4 is 11.4 Å². The lowest BCUT2D eigenvalue weighted by Crippen LogP contribution is -2.18. The van der Waals surface area contributed by atoms with E-state index in [9.17, 15) is 22.8 Å². The maximum absolute atomic E-state index is 12.6. The van der Waals surface area contributed by atoms with Gasteiger partial charge in [-0.25, -0.2) is 9.59 Å². The predicted octanol–water partition coefficient (Wildman–Crippen LogP) is 2.15. The van der Waals surface area contributed by atoms with Crippen molar-refractivity contribution in [2.45, 2.75) is 6.18 Å². The average molecular weight is 266 g/mol. The number of benzene rings is 1. The van der Waals surface area contributed by atoms with Gasteiger partial charge in [0.25, 0.3) is 0 Å². The predicted molar refractivity (Wildman–Crippen MR) is 53.1 cm³/mol. The second kappa shape index (κ2) is 3.63. The number of hydrogen-bond acceptors (Lipinski definition) is 3. The summed E-state index contributed by atoms with van der Waals surface area (Å²) >= 11 is 5.47. The summed E-state index contributed by atoms with van der Waals surface area (Å²) < 4.78 is 42.1. The van der Waals surface area contributed by atoms with Crippen LogP contribution in [0.3, 0.4) is 0 Å². The van der Waals surface area contributed by atoms with E-state index >= 15 is 0 Å². The fourth-order valence-electron chi connectivity index (χ4n) is 1.39. The van der Waals surface area contributed by atoms with Gasteiger partial charge in [-0.15, -0.1) is 0 Å². The highest BCUT2D eigenvalue weighted by Crippen LogP contribution is 2.34. The minimum absolute atomic E-state index is 0.274. The Morgan fingerprint density at radius 1 is 1.24 bits per heavy atom. The first-order valence-corrected chi connectivity index (χ1v) is 4.61. The molecule has 0 radical (unpaired) electrons. The molecule has 90 valence electrons. The van der Waals surface area contributed by atoms with E-state index in [1.165, 1.54) is 0 Å². The summed E-state index contributed by atoms with van der Waals surface area (Å²) in [4.78, 5) is 23.9. The van der Waals surface area contributed by atoms with Gasteiger partial charge in [-0.2, -0.15) is 13.2 Å². The molecule has 0 atom stereocenters. The second-order valence-electron chi connectivity index (χ2n) is 3.18. The van der Waals surface area contributed by atoms with Crippen LogP contribution in [0.25, 0.3) is 10.9 Å². The largest absolute Gasteiger partial charge is 0.419 e. The van der Waals surface area contributed by atoms with Gasteiger partial charge in [-0.3, -0.25) is 4.98 Å². The summed E-state index contributed by atoms with van der Waals surface area (Å²) in [7, 11) is 0. The Morgan fingerprint density at radius 3 is 2.47 bits per heavy atom. The molecule has 0 aliphatic carbocycles. The van der Waals surface area contributed by atoms with Crippen molar-refractivity contribution in [2.75, 3.05) is 0 Å². The number of alkyl halides is 3. The SMILES string of the molecule is O=c1[nH]c2c(C(F)(F)F)cc(Cl)cc2c(=O)o1. The molecule has 0 spiro atoms. The molecule has 0 saturated carbocycles. The molecule has 0 bridgehead atoms. The number of rotatable bonds is 0. The van der Waals surface area contributed by atoms with Crippen LogP contribution in [0.5, 0.6) is 0 Å². The third kappa shape index (κ3) is 2.05. The van der Waals surface area contributed by atoms with Gasteiger partial charge in [0.1, 0.15) is 0 Å². The number of aromatic nitrogens is 1. The van der Waals surface area contributed by atoms with Crippen LogP contribution in [0.15, 0.2) is 26.1 Å². The molecule has 2 rings (SSSR count). The number of H-pyrrole nitrogens is 1. The standard InChI is InChI=1S/C9H3ClF3NO3/c10-3-1-4-6(5(2-3)9(11,12)13)14-8(16)17-7(4)15/h1-2H,(H,14,16). The first-order chi connectivity index (χ1) is 7.79. The van der Waals surface area contributed by atoms with E-state index in [-0.39, 0.29) is 5.02 Å². The Balaban J connectivity index is 3.03. The molecule has 2 aromatic rings. The van der Waals surface area contributed by atoms with Gasteiger partial charge in [-0.05, 0) is 12.1 Å². The minimum atomic E-state index is -4.74. The molecule has 17 heavy (non-hydrogen) atoms. The normalized spacial score (nSPS) is 12.0. The van der Waals surface area contributed by atoms with Gasteiger partial charge < -0.3 is 4.42 Å². The second-order valence-corrected chi connectivity index (χ2v) is 3.61. The number of aromatic amines is 1. The van der Waals surface area contributed by atoms with E-state index in [0.29, 0.717) is 6.07 Å². The summed E-state index contributed by atoms with van der Waals surface area (Å²) in [5.41, 5.74) is -3.00. The smallest absolute Gasteiger partial charge is 0.372 e. The molecule has 0 amide bonds. The monoisotopic (exact) mass is 265 g/mol. The van der Waals surface area contributed by atoms with Crippen LogP contribution in [0.1, 0.15) is 5.56 Å². The zero-order valence-electron chi connectivity index (χ0n) is 7.89. The molecule has 0 unspecified atom stereocenters. The zero-order chi connectivity index (χ0) is 12.8. The fraction of sp³-hybridized carbons (Fsp3) is 0.111. The van der Waals surface area contributed by atoms with Crippen LogP contribution in [0.2, 0.25) is 5.02 Å². The molecule has 0 saturated heterocycles. The minimum Gasteiger partial charge on any atom is -0.372 e. The van der Waals surface area contributed by atoms with Crippen molar-refractivity contribution in [3.63, 3.8) is 0 Å². The first-order valence-electron chi connectivity index (χ1n) is 4.23. The molecule has 8 heteroatoms. The quantitative estimate of drug-likeness (QED) is 0.794. The van der Waals surface area contributed by atoms with Gasteiger partial charge >= 0.3 is 17.6 Å². The number of hydrogen-bond donors (Lipinski definition) is 1. The van der Waals surface area contributed by atoms with Gasteiger partial charge in [0.2, 0.25) is 0 Å². The maximum Gasteiger partial charge on any atom is 0.419 e. The Bertz CT molecular complexity index is 701. The number of fused-ring (bicyclic) bond motifs is 1. The molecule has 1 aromatic carbocycles. The molecular weight excluding hydrogens is 263 g/mol. The van der Waals surface area contributed by atoms with Crippen LogP contribution in [0, 0.1) is 0 Å². The number of halogens is 4. The highest BCUT2D eigenvalue weighted by Gasteiger charge is 2.34. The van der Waals surface area contributed by atoms with Crippen LogP contribution in [-0.2, 0) is 6.18 Å². The maximum atomic E-state index is 12.6. The third-order valence-electron chi connectivity index (χ3n) is 2.04. The van der Waals surface area contributed by atoms with Gasteiger partial charge in [-0.1, -0.05) is 11.6 Å². The van der Waals surface area contributed by atoms with Crippen LogP contribution in [0.4, 0.5) is 13.2 Å². The van der Waals surface area contributed by atoms with Gasteiger partial charge in [0, 0.05) is 5.02 Å². The molecule has 1 aromatic heterocycles. The van der Waals surface area contributed by atoms with Crippen molar-refractivity contribution in [1.29, 1.82) is 0 Å². The van der Waals surface area contributed by atoms with Crippen molar-refractivity contribution in [3.05, 3.63) is 43.7 Å². The van der Waals surface area contributed by atoms with Crippen LogP contribution in [-0.4, -0.2) is 4.98 Å². The summed E-state index contributed by atoms with van der Waals surface area (Å²) in [5, 5.41) is -0.700. The molecule has 1 N–H and O–H groups in total. The summed E-state index contributed by atoms with van der Waals surface area (Å²) in [6.45, 7) is 0. The Hall–Kier alpha value is -1.76. The Morgan fingerprint density at radius 2 is 1.88 bits per heavy atom. The van der Waals surface area contributed by atoms with E-state index in [0.717, 1.165) is 6.07 Å². The lowest BCUT2D eigenvalue weighted by atomic mass is 10.1. The van der Waals surface area contributed by atoms with E-state index in [1.54, 1.807) is 0 Å². The molecule has 0 aliphatic rings. The molecule has 1 heterocycles. The topological polar surface area (TPSA) is 63.1 Å². The van der Waals surface area contributed by atoms with E-state index in [2.05, 4.69) is 4.42 Å². The molecule has 4 nitrogen and oxygen atoms in total. The first kappa shape index (κ1) is 11.7. The fourth-order valence-corrected chi connectivity index (χ4v) is 1.61. The van der Waals surface area contributed by atoms with Crippen molar-refractivity contribution >= 4 is 22.5 Å². The lowest BCUT2D eigenvalue weighted by molar-refractivity contribution is -0.136. The molecular formula is C9H3ClF3NO3. The zero-order valence-corrected chi connectivity index (χ0v) is 8.65. The van der Waals surface area contributed by atoms with Crippen molar-refractivity contribution < 1.29 is 17.6 Å². The molecule has 0 aliphatic heterocycles. The summed E-state index contributed by atoms with van der Waals surface area (Å²) in [5.74, 6) is -1.25. The van der Waals surface area contributed by atoms with E-state index < -0.39 is 34.0 Å². The van der Waals surface area contributed by atoms with E-state index in [1.807, 2.05) is 4.98 Å². The van der Waals surface area contributed by atoms with Gasteiger partial charge in [0.15, 0.2) is 0 Å². The van der Waals surface area contributed by atoms with Gasteiger partial charge in [0.05, 0.1) is 16.5 Å². The Labute approximate surface area is 95.6 Å². The summed E-state index contributed by atoms with van der Waals surface area (Å²) in [6, 6.07) is 1.62. The highest BCUT2D eigenvalue weighted by atomic mass is 35.5. The summed E-state index contributed by atoms with van der Waals surface area (Å²) in [6.07, 6.45) is -4.74. The Kier molecular flexibility index (Phi) is 2.50. The van der Waals surface area contributed by atoms with Crippen molar-refractivity contribution in [2.24, 2.45) is 0 Å². The van der Waals surface area contributed by atoms with Crippen molar-refractivity contribution in [3.8, 4) is 0 Å². The number of nitrogens with one attached hydrogen (secondary N) is 1. The average Bonchev–Trinajstić information content (AvgIpc) is 2.16. The lowest BCUT2D eigenvalue weighted by Gasteiger charge is -2.09. The molecule has 0 fully saturated rings. The third-order valence-corrected chi connectivity index (χ3v) is 2.26. The highest BCUT2D eigenvalue weighted by molar-refractivity contribution is 6.31. The van der Waals surface area contributed by atoms with Crippen LogP contribution >= 0.6 is 11.6 Å². The van der Waals surface area contributed by atoms with Crippen molar-refractivity contribution in [1.82, 2.24) is 4.98 Å². The van der Waals surface area contributed by atoms with E-state index in [4.69, 9.17) is 11.6 Å².